The van der Waals surface area contributed by atoms with Crippen molar-refractivity contribution in [2.75, 3.05) is 6.61 Å². The lowest BCUT2D eigenvalue weighted by Crippen LogP contribution is -2.10. The van der Waals surface area contributed by atoms with Crippen LogP contribution < -0.4 is 0 Å². The zero-order valence-electron chi connectivity index (χ0n) is 8.72. The number of allylic oxidation sites excluding steroid dienone is 1. The molecule has 2 unspecified atom stereocenters. The highest BCUT2D eigenvalue weighted by Crippen LogP contribution is 2.29. The van der Waals surface area contributed by atoms with Crippen molar-refractivity contribution in [2.45, 2.75) is 26.2 Å². The number of hydrogen-bond acceptors (Lipinski definition) is 4. The molecule has 1 fully saturated rings. The quantitative estimate of drug-likeness (QED) is 0.396. The third-order valence-electron chi connectivity index (χ3n) is 2.70. The zero-order chi connectivity index (χ0) is 11.3. The first-order valence-electron chi connectivity index (χ1n) is 5.07. The molecular weight excluding hydrogens is 198 g/mol. The molecule has 0 spiro atoms. The first-order chi connectivity index (χ1) is 7.11. The van der Waals surface area contributed by atoms with Gasteiger partial charge in [-0.2, -0.15) is 0 Å². The molecule has 0 aromatic heterocycles. The van der Waals surface area contributed by atoms with Gasteiger partial charge in [-0.3, -0.25) is 4.79 Å². The van der Waals surface area contributed by atoms with Gasteiger partial charge in [0.1, 0.15) is 12.4 Å². The van der Waals surface area contributed by atoms with Crippen molar-refractivity contribution >= 4 is 5.78 Å². The second-order valence-electron chi connectivity index (χ2n) is 3.80. The minimum Gasteiger partial charge on any atom is -0.310 e. The van der Waals surface area contributed by atoms with Crippen molar-refractivity contribution in [1.82, 2.24) is 0 Å². The first kappa shape index (κ1) is 11.7. The van der Waals surface area contributed by atoms with Gasteiger partial charge in [-0.25, -0.2) is 0 Å². The smallest absolute Gasteiger partial charge is 0.294 e. The summed E-state index contributed by atoms with van der Waals surface area (Å²) in [4.78, 5) is 25.4. The molecule has 0 aromatic rings. The Morgan fingerprint density at radius 3 is 2.80 bits per heavy atom. The Kier molecular flexibility index (Phi) is 4.27. The number of hydrogen-bond donors (Lipinski definition) is 0. The van der Waals surface area contributed by atoms with Crippen LogP contribution in [0.25, 0.3) is 0 Å². The normalized spacial score (nSPS) is 26.1. The molecule has 1 aliphatic carbocycles. The Morgan fingerprint density at radius 1 is 1.53 bits per heavy atom. The Bertz CT molecular complexity index is 275. The number of carbonyl (C=O) groups excluding carboxylic acids is 1. The molecule has 0 aromatic carbocycles. The van der Waals surface area contributed by atoms with Crippen LogP contribution >= 0.6 is 0 Å². The van der Waals surface area contributed by atoms with Crippen LogP contribution in [-0.4, -0.2) is 17.5 Å². The number of nitrogens with zero attached hydrogens (tertiary/aromatic N) is 1. The van der Waals surface area contributed by atoms with Crippen LogP contribution in [0.4, 0.5) is 0 Å². The molecule has 5 nitrogen and oxygen atoms in total. The summed E-state index contributed by atoms with van der Waals surface area (Å²) < 4.78 is 0. The number of ketones is 1. The summed E-state index contributed by atoms with van der Waals surface area (Å²) in [6, 6.07) is 0. The van der Waals surface area contributed by atoms with E-state index in [1.807, 2.05) is 6.92 Å². The van der Waals surface area contributed by atoms with E-state index in [9.17, 15) is 14.9 Å². The predicted octanol–water partition coefficient (Wildman–Crippen LogP) is 1.76. The van der Waals surface area contributed by atoms with Crippen molar-refractivity contribution in [3.63, 3.8) is 0 Å². The molecule has 0 amide bonds. The molecule has 2 atom stereocenters. The maximum absolute atomic E-state index is 11.5. The van der Waals surface area contributed by atoms with E-state index in [1.165, 1.54) is 0 Å². The molecule has 1 rings (SSSR count). The van der Waals surface area contributed by atoms with Crippen molar-refractivity contribution in [3.8, 4) is 0 Å². The Labute approximate surface area is 88.2 Å². The van der Waals surface area contributed by atoms with E-state index in [0.29, 0.717) is 12.2 Å². The highest BCUT2D eigenvalue weighted by molar-refractivity contribution is 5.85. The third-order valence-corrected chi connectivity index (χ3v) is 2.70. The average Bonchev–Trinajstić information content (AvgIpc) is 2.48. The van der Waals surface area contributed by atoms with Gasteiger partial charge in [-0.1, -0.05) is 19.1 Å². The molecule has 1 aliphatic rings. The van der Waals surface area contributed by atoms with E-state index in [1.54, 1.807) is 12.2 Å². The first-order valence-corrected chi connectivity index (χ1v) is 5.07. The minimum absolute atomic E-state index is 0.0382. The van der Waals surface area contributed by atoms with Gasteiger partial charge >= 0.3 is 0 Å². The second kappa shape index (κ2) is 5.48. The van der Waals surface area contributed by atoms with Gasteiger partial charge in [-0.15, -0.1) is 10.1 Å². The van der Waals surface area contributed by atoms with Crippen molar-refractivity contribution < 1.29 is 14.7 Å². The predicted molar refractivity (Wildman–Crippen MR) is 53.6 cm³/mol. The number of carbonyl (C=O) groups is 1. The molecule has 0 radical (unpaired) electrons. The minimum atomic E-state index is -0.826. The summed E-state index contributed by atoms with van der Waals surface area (Å²) >= 11 is 0. The SMILES string of the molecule is CC1CCC(C/C=C/CO[N+](=O)[O-])C1=O. The third kappa shape index (κ3) is 3.69. The Hall–Kier alpha value is -1.39. The molecular formula is C10H15NO4. The number of Topliss-reactive ketones (excluding diaryl/α,β-unsaturated/α-hetero) is 1. The lowest BCUT2D eigenvalue weighted by molar-refractivity contribution is -0.755. The molecule has 0 heterocycles. The topological polar surface area (TPSA) is 69.4 Å². The number of rotatable bonds is 5. The summed E-state index contributed by atoms with van der Waals surface area (Å²) in [5.74, 6) is 0.597. The van der Waals surface area contributed by atoms with Crippen LogP contribution in [0.3, 0.4) is 0 Å². The fraction of sp³-hybridized carbons (Fsp3) is 0.700. The lowest BCUT2D eigenvalue weighted by Gasteiger charge is -2.03. The fourth-order valence-corrected chi connectivity index (χ4v) is 1.80. The molecule has 0 bridgehead atoms. The zero-order valence-corrected chi connectivity index (χ0v) is 8.72. The van der Waals surface area contributed by atoms with E-state index in [0.717, 1.165) is 12.8 Å². The monoisotopic (exact) mass is 213 g/mol. The van der Waals surface area contributed by atoms with Crippen LogP contribution in [0.2, 0.25) is 0 Å². The van der Waals surface area contributed by atoms with E-state index in [-0.39, 0.29) is 18.4 Å². The molecule has 15 heavy (non-hydrogen) atoms. The summed E-state index contributed by atoms with van der Waals surface area (Å²) in [5, 5.41) is 8.98. The van der Waals surface area contributed by atoms with Crippen LogP contribution in [0.15, 0.2) is 12.2 Å². The molecule has 84 valence electrons. The largest absolute Gasteiger partial charge is 0.310 e. The summed E-state index contributed by atoms with van der Waals surface area (Å²) in [7, 11) is 0. The summed E-state index contributed by atoms with van der Waals surface area (Å²) in [6.07, 6.45) is 5.93. The van der Waals surface area contributed by atoms with Gasteiger partial charge in [0.05, 0.1) is 0 Å². The van der Waals surface area contributed by atoms with E-state index >= 15 is 0 Å². The van der Waals surface area contributed by atoms with Crippen LogP contribution in [0.1, 0.15) is 26.2 Å². The van der Waals surface area contributed by atoms with Crippen molar-refractivity contribution in [1.29, 1.82) is 0 Å². The van der Waals surface area contributed by atoms with Gasteiger partial charge in [0.15, 0.2) is 0 Å². The van der Waals surface area contributed by atoms with Crippen LogP contribution in [0, 0.1) is 22.0 Å². The fourth-order valence-electron chi connectivity index (χ4n) is 1.80. The molecule has 0 aliphatic heterocycles. The average molecular weight is 213 g/mol. The maximum Gasteiger partial charge on any atom is 0.294 e. The van der Waals surface area contributed by atoms with Gasteiger partial charge in [-0.05, 0) is 19.3 Å². The highest BCUT2D eigenvalue weighted by atomic mass is 16.9. The molecule has 0 N–H and O–H groups in total. The van der Waals surface area contributed by atoms with E-state index in [4.69, 9.17) is 0 Å². The van der Waals surface area contributed by atoms with Gasteiger partial charge in [0.2, 0.25) is 0 Å². The summed E-state index contributed by atoms with van der Waals surface area (Å²) in [6.45, 7) is 1.91. The van der Waals surface area contributed by atoms with Crippen LogP contribution in [-0.2, 0) is 9.63 Å². The second-order valence-corrected chi connectivity index (χ2v) is 3.80. The highest BCUT2D eigenvalue weighted by Gasteiger charge is 2.29. The van der Waals surface area contributed by atoms with E-state index in [2.05, 4.69) is 4.84 Å². The van der Waals surface area contributed by atoms with Gasteiger partial charge < -0.3 is 4.84 Å². The standard InChI is InChI=1S/C10H15NO4/c1-8-5-6-9(10(8)12)4-2-3-7-15-11(13)14/h2-3,8-9H,4-7H2,1H3/b3-2+. The van der Waals surface area contributed by atoms with Gasteiger partial charge in [0, 0.05) is 11.8 Å². The molecule has 0 saturated heterocycles. The van der Waals surface area contributed by atoms with Crippen LogP contribution in [0.5, 0.6) is 0 Å². The van der Waals surface area contributed by atoms with E-state index < -0.39 is 5.09 Å². The Balaban J connectivity index is 2.20. The lowest BCUT2D eigenvalue weighted by atomic mass is 10.0. The Morgan fingerprint density at radius 2 is 2.27 bits per heavy atom. The summed E-state index contributed by atoms with van der Waals surface area (Å²) in [5.41, 5.74) is 0. The van der Waals surface area contributed by atoms with Crippen molar-refractivity contribution in [3.05, 3.63) is 22.3 Å². The van der Waals surface area contributed by atoms with Gasteiger partial charge in [0.25, 0.3) is 5.09 Å². The molecule has 5 heteroatoms. The van der Waals surface area contributed by atoms with Crippen molar-refractivity contribution in [2.24, 2.45) is 11.8 Å². The molecule has 1 saturated carbocycles. The maximum atomic E-state index is 11.5.